The topological polar surface area (TPSA) is 173 Å². The highest BCUT2D eigenvalue weighted by molar-refractivity contribution is 7.92. The summed E-state index contributed by atoms with van der Waals surface area (Å²) < 4.78 is 33.1. The summed E-state index contributed by atoms with van der Waals surface area (Å²) >= 11 is 9.88. The molecule has 0 fully saturated rings. The molecule has 11 nitrogen and oxygen atoms in total. The summed E-state index contributed by atoms with van der Waals surface area (Å²) in [6.07, 6.45) is 0. The van der Waals surface area contributed by atoms with Gasteiger partial charge in [-0.1, -0.05) is 23.2 Å². The summed E-state index contributed by atoms with van der Waals surface area (Å²) in [5, 5.41) is 19.9. The van der Waals surface area contributed by atoms with Gasteiger partial charge in [0, 0.05) is 17.2 Å². The van der Waals surface area contributed by atoms with E-state index in [1.165, 1.54) is 6.92 Å². The predicted molar refractivity (Wildman–Crippen MR) is 137 cm³/mol. The Kier molecular flexibility index (Phi) is 8.42. The molecular formula is C24H22Cl2O11S. The van der Waals surface area contributed by atoms with E-state index in [-0.39, 0.29) is 26.8 Å². The Bertz CT molecular complexity index is 1540. The summed E-state index contributed by atoms with van der Waals surface area (Å²) in [5.41, 5.74) is -2.91. The van der Waals surface area contributed by atoms with Gasteiger partial charge in [-0.2, -0.15) is 0 Å². The van der Waals surface area contributed by atoms with Crippen molar-refractivity contribution in [3.8, 4) is 11.5 Å². The molecule has 0 saturated heterocycles. The number of hydrogen-bond donors (Lipinski definition) is 2. The molecule has 0 aliphatic carbocycles. The van der Waals surface area contributed by atoms with Crippen molar-refractivity contribution in [2.45, 2.75) is 32.6 Å². The number of methoxy groups -OCH3 is 1. The van der Waals surface area contributed by atoms with Crippen molar-refractivity contribution in [2.75, 3.05) is 19.7 Å². The van der Waals surface area contributed by atoms with Gasteiger partial charge in [-0.3, -0.25) is 9.59 Å². The quantitative estimate of drug-likeness (QED) is 0.184. The lowest BCUT2D eigenvalue weighted by molar-refractivity contribution is -0.171. The first kappa shape index (κ1) is 29.4. The lowest BCUT2D eigenvalue weighted by Crippen LogP contribution is -2.27. The lowest BCUT2D eigenvalue weighted by atomic mass is 9.98. The molecule has 1 aromatic heterocycles. The van der Waals surface area contributed by atoms with E-state index < -0.39 is 85.2 Å². The van der Waals surface area contributed by atoms with Crippen molar-refractivity contribution in [3.63, 3.8) is 0 Å². The molecule has 204 valence electrons. The average Bonchev–Trinajstić information content (AvgIpc) is 2.83. The number of halogens is 2. The van der Waals surface area contributed by atoms with E-state index in [1.54, 1.807) is 20.8 Å². The van der Waals surface area contributed by atoms with E-state index in [9.17, 15) is 33.9 Å². The number of esters is 3. The van der Waals surface area contributed by atoms with Gasteiger partial charge in [0.2, 0.25) is 22.9 Å². The highest BCUT2D eigenvalue weighted by atomic mass is 35.5. The van der Waals surface area contributed by atoms with Gasteiger partial charge in [-0.25, -0.2) is 9.59 Å². The van der Waals surface area contributed by atoms with Crippen molar-refractivity contribution >= 4 is 74.2 Å². The highest BCUT2D eigenvalue weighted by Crippen LogP contribution is 2.42. The summed E-state index contributed by atoms with van der Waals surface area (Å²) in [6.45, 7) is 5.49. The van der Waals surface area contributed by atoms with Crippen molar-refractivity contribution < 1.29 is 47.8 Å². The van der Waals surface area contributed by atoms with E-state index in [0.717, 1.165) is 13.2 Å². The van der Waals surface area contributed by atoms with E-state index in [0.29, 0.717) is 0 Å². The fraction of sp³-hybridized carbons (Fsp3) is 0.333. The number of hydrogen-bond acceptors (Lipinski definition) is 11. The van der Waals surface area contributed by atoms with Crippen LogP contribution >= 0.6 is 23.2 Å². The van der Waals surface area contributed by atoms with Crippen LogP contribution in [0.15, 0.2) is 20.2 Å². The molecule has 3 aromatic rings. The third-order valence-corrected chi connectivity index (χ3v) is 7.59. The standard InChI is InChI=1S/C24H22Cl2O11S/c1-9-16(25)19(30)15-18(29)13-11(37-20(15)17(9)26)6-10(27)21(14(13)22(31)34-5)38(33)7-12(28)35-8-36-23(32)24(2,3)4/h6,27,30H,7-8H2,1-5H3. The minimum absolute atomic E-state index is 0.0940. The molecule has 0 amide bonds. The monoisotopic (exact) mass is 588 g/mol. The second-order valence-electron chi connectivity index (χ2n) is 9.01. The van der Waals surface area contributed by atoms with Crippen LogP contribution in [0.4, 0.5) is 0 Å². The van der Waals surface area contributed by atoms with Crippen LogP contribution in [0.25, 0.3) is 21.9 Å². The maximum Gasteiger partial charge on any atom is 0.359 e. The third kappa shape index (κ3) is 5.35. The van der Waals surface area contributed by atoms with Gasteiger partial charge in [-0.15, -0.1) is 0 Å². The molecule has 1 heterocycles. The molecule has 38 heavy (non-hydrogen) atoms. The number of rotatable bonds is 6. The Balaban J connectivity index is 2.13. The maximum atomic E-state index is 13.5. The first-order valence-corrected chi connectivity index (χ1v) is 12.8. The minimum atomic E-state index is -2.47. The molecular weight excluding hydrogens is 567 g/mol. The fourth-order valence-corrected chi connectivity index (χ4v) is 4.97. The zero-order chi connectivity index (χ0) is 28.7. The summed E-state index contributed by atoms with van der Waals surface area (Å²) in [6, 6.07) is 0.906. The first-order valence-electron chi connectivity index (χ1n) is 10.7. The first-order chi connectivity index (χ1) is 17.6. The van der Waals surface area contributed by atoms with Crippen molar-refractivity contribution in [1.82, 2.24) is 0 Å². The Labute approximate surface area is 228 Å². The fourth-order valence-electron chi connectivity index (χ4n) is 3.36. The number of ether oxygens (including phenoxy) is 3. The van der Waals surface area contributed by atoms with Crippen LogP contribution in [-0.2, 0) is 35.0 Å². The molecule has 0 spiro atoms. The van der Waals surface area contributed by atoms with Crippen LogP contribution in [0.2, 0.25) is 10.0 Å². The van der Waals surface area contributed by atoms with E-state index in [4.69, 9.17) is 41.8 Å². The normalized spacial score (nSPS) is 12.4. The number of phenolic OH excluding ortho intramolecular Hbond substituents is 2. The largest absolute Gasteiger partial charge is 0.611 e. The second-order valence-corrected chi connectivity index (χ2v) is 11.2. The SMILES string of the molecule is COC(=O)c1c([S+]([O-])CC(=O)OCOC(=O)C(C)(C)C)c(O)cc2oc3c(Cl)c(C)c(Cl)c(O)c3c(=O)c12. The number of benzene rings is 2. The Morgan fingerprint density at radius 3 is 2.32 bits per heavy atom. The smallest absolute Gasteiger partial charge is 0.359 e. The number of aromatic hydroxyl groups is 2. The number of phenols is 2. The highest BCUT2D eigenvalue weighted by Gasteiger charge is 2.34. The minimum Gasteiger partial charge on any atom is -0.611 e. The van der Waals surface area contributed by atoms with Crippen molar-refractivity contribution in [1.29, 1.82) is 0 Å². The van der Waals surface area contributed by atoms with Gasteiger partial charge >= 0.3 is 17.9 Å². The number of carbonyl (C=O) groups excluding carboxylic acids is 3. The van der Waals surface area contributed by atoms with E-state index in [2.05, 4.69) is 0 Å². The van der Waals surface area contributed by atoms with Crippen LogP contribution < -0.4 is 5.43 Å². The van der Waals surface area contributed by atoms with Crippen molar-refractivity contribution in [2.24, 2.45) is 5.41 Å². The Hall–Kier alpha value is -3.19. The number of carbonyl (C=O) groups is 3. The van der Waals surface area contributed by atoms with Gasteiger partial charge in [0.1, 0.15) is 22.3 Å². The van der Waals surface area contributed by atoms with Crippen LogP contribution in [0.1, 0.15) is 36.7 Å². The van der Waals surface area contributed by atoms with E-state index >= 15 is 0 Å². The van der Waals surface area contributed by atoms with E-state index in [1.807, 2.05) is 0 Å². The molecule has 14 heteroatoms. The van der Waals surface area contributed by atoms with Gasteiger partial charge in [0.25, 0.3) is 0 Å². The molecule has 0 aliphatic rings. The molecule has 0 radical (unpaired) electrons. The average molecular weight is 589 g/mol. The molecule has 0 aliphatic heterocycles. The molecule has 1 atom stereocenters. The zero-order valence-electron chi connectivity index (χ0n) is 20.7. The Morgan fingerprint density at radius 1 is 1.11 bits per heavy atom. The maximum absolute atomic E-state index is 13.5. The van der Waals surface area contributed by atoms with Crippen LogP contribution in [-0.4, -0.2) is 52.3 Å². The summed E-state index contributed by atoms with van der Waals surface area (Å²) in [4.78, 5) is 49.6. The zero-order valence-corrected chi connectivity index (χ0v) is 23.1. The van der Waals surface area contributed by atoms with Crippen LogP contribution in [0.5, 0.6) is 11.5 Å². The van der Waals surface area contributed by atoms with Crippen LogP contribution in [0, 0.1) is 12.3 Å². The van der Waals surface area contributed by atoms with Crippen molar-refractivity contribution in [3.05, 3.63) is 37.5 Å². The van der Waals surface area contributed by atoms with Gasteiger partial charge in [0.15, 0.2) is 11.3 Å². The van der Waals surface area contributed by atoms with Gasteiger partial charge in [-0.05, 0) is 33.3 Å². The molecule has 2 aromatic carbocycles. The molecule has 1 unspecified atom stereocenters. The third-order valence-electron chi connectivity index (χ3n) is 5.31. The van der Waals surface area contributed by atoms with Gasteiger partial charge < -0.3 is 33.4 Å². The van der Waals surface area contributed by atoms with Crippen LogP contribution in [0.3, 0.4) is 0 Å². The molecule has 0 saturated carbocycles. The summed E-state index contributed by atoms with van der Waals surface area (Å²) in [5.74, 6) is -5.27. The number of fused-ring (bicyclic) bond motifs is 2. The molecule has 2 N–H and O–H groups in total. The predicted octanol–water partition coefficient (Wildman–Crippen LogP) is 3.96. The molecule has 0 bridgehead atoms. The second kappa shape index (κ2) is 10.9. The van der Waals surface area contributed by atoms with Gasteiger partial charge in [0.05, 0.1) is 28.0 Å². The lowest BCUT2D eigenvalue weighted by Gasteiger charge is -2.17. The molecule has 3 rings (SSSR count). The Morgan fingerprint density at radius 2 is 1.74 bits per heavy atom. The summed E-state index contributed by atoms with van der Waals surface area (Å²) in [7, 11) is 0.972.